The molecule has 104 valence electrons. The van der Waals surface area contributed by atoms with Crippen molar-refractivity contribution >= 4 is 17.7 Å². The molecule has 0 bridgehead atoms. The molecule has 6 nitrogen and oxygen atoms in total. The van der Waals surface area contributed by atoms with Gasteiger partial charge < -0.3 is 9.94 Å². The van der Waals surface area contributed by atoms with E-state index < -0.39 is 17.6 Å². The van der Waals surface area contributed by atoms with Crippen LogP contribution in [0, 0.1) is 0 Å². The first-order chi connectivity index (χ1) is 8.86. The van der Waals surface area contributed by atoms with Gasteiger partial charge in [0.25, 0.3) is 5.91 Å². The Hall–Kier alpha value is -1.85. The number of nitrogens with zero attached hydrogens (tertiary/aromatic N) is 2. The summed E-state index contributed by atoms with van der Waals surface area (Å²) in [6.45, 7) is 5.68. The van der Waals surface area contributed by atoms with Gasteiger partial charge in [-0.15, -0.1) is 0 Å². The average Bonchev–Trinajstić information content (AvgIpc) is 2.82. The van der Waals surface area contributed by atoms with Crippen LogP contribution in [0.25, 0.3) is 0 Å². The molecule has 0 aromatic heterocycles. The first kappa shape index (κ1) is 13.6. The van der Waals surface area contributed by atoms with Crippen LogP contribution in [0.1, 0.15) is 40.0 Å². The van der Waals surface area contributed by atoms with Crippen molar-refractivity contribution in [2.45, 2.75) is 51.7 Å². The maximum atomic E-state index is 12.0. The summed E-state index contributed by atoms with van der Waals surface area (Å²) >= 11 is 0. The number of carbonyl (C=O) groups is 2. The van der Waals surface area contributed by atoms with Gasteiger partial charge in [0.2, 0.25) is 0 Å². The Labute approximate surface area is 111 Å². The van der Waals surface area contributed by atoms with E-state index in [1.54, 1.807) is 6.92 Å². The highest BCUT2D eigenvalue weighted by atomic mass is 16.7. The van der Waals surface area contributed by atoms with Gasteiger partial charge in [0.1, 0.15) is 5.60 Å². The van der Waals surface area contributed by atoms with Gasteiger partial charge in [-0.3, -0.25) is 14.5 Å². The Morgan fingerprint density at radius 2 is 2.37 bits per heavy atom. The van der Waals surface area contributed by atoms with Crippen LogP contribution in [0.3, 0.4) is 0 Å². The van der Waals surface area contributed by atoms with E-state index in [0.717, 1.165) is 12.0 Å². The Kier molecular flexibility index (Phi) is 3.34. The van der Waals surface area contributed by atoms with E-state index in [4.69, 9.17) is 9.94 Å². The average molecular weight is 266 g/mol. The molecule has 2 aliphatic heterocycles. The molecule has 0 aliphatic carbocycles. The van der Waals surface area contributed by atoms with Crippen LogP contribution in [-0.2, 0) is 14.4 Å². The smallest absolute Gasteiger partial charge is 0.305 e. The van der Waals surface area contributed by atoms with Crippen molar-refractivity contribution in [3.8, 4) is 0 Å². The molecule has 0 aromatic rings. The van der Waals surface area contributed by atoms with Gasteiger partial charge in [0, 0.05) is 6.08 Å². The van der Waals surface area contributed by atoms with Gasteiger partial charge in [-0.05, 0) is 25.8 Å². The molecule has 19 heavy (non-hydrogen) atoms. The van der Waals surface area contributed by atoms with Gasteiger partial charge in [-0.1, -0.05) is 12.1 Å². The maximum absolute atomic E-state index is 12.0. The third-order valence-electron chi connectivity index (χ3n) is 3.72. The molecule has 1 amide bonds. The molecule has 1 N–H and O–H groups in total. The van der Waals surface area contributed by atoms with Crippen molar-refractivity contribution in [3.63, 3.8) is 0 Å². The second-order valence-electron chi connectivity index (χ2n) is 5.29. The molecular weight excluding hydrogens is 248 g/mol. The number of hydrogen-bond acceptors (Lipinski definition) is 4. The number of amidine groups is 1. The van der Waals surface area contributed by atoms with Crippen molar-refractivity contribution in [2.75, 3.05) is 0 Å². The van der Waals surface area contributed by atoms with Gasteiger partial charge in [-0.2, -0.15) is 0 Å². The normalized spacial score (nSPS) is 30.2. The van der Waals surface area contributed by atoms with E-state index in [-0.39, 0.29) is 12.3 Å². The fourth-order valence-corrected chi connectivity index (χ4v) is 2.32. The van der Waals surface area contributed by atoms with Crippen LogP contribution in [0.4, 0.5) is 0 Å². The number of carbonyl (C=O) groups excluding carboxylic acids is 1. The van der Waals surface area contributed by atoms with E-state index in [1.165, 1.54) is 11.0 Å². The molecular formula is C13H18N2O4. The Balaban J connectivity index is 2.19. The van der Waals surface area contributed by atoms with Gasteiger partial charge in [0.05, 0.1) is 18.9 Å². The van der Waals surface area contributed by atoms with E-state index in [1.807, 2.05) is 13.8 Å². The van der Waals surface area contributed by atoms with Crippen LogP contribution in [0.15, 0.2) is 16.8 Å². The second-order valence-corrected chi connectivity index (χ2v) is 5.29. The summed E-state index contributed by atoms with van der Waals surface area (Å²) in [4.78, 5) is 29.7. The predicted molar refractivity (Wildman–Crippen MR) is 68.5 cm³/mol. The number of hydrogen-bond donors (Lipinski definition) is 1. The fourth-order valence-electron chi connectivity index (χ4n) is 2.32. The zero-order chi connectivity index (χ0) is 14.2. The molecule has 0 saturated heterocycles. The lowest BCUT2D eigenvalue weighted by Crippen LogP contribution is -2.42. The van der Waals surface area contributed by atoms with Crippen molar-refractivity contribution in [1.82, 2.24) is 4.90 Å². The molecule has 0 fully saturated rings. The number of rotatable bonds is 3. The minimum atomic E-state index is -0.935. The van der Waals surface area contributed by atoms with Crippen LogP contribution >= 0.6 is 0 Å². The predicted octanol–water partition coefficient (Wildman–Crippen LogP) is 1.52. The molecule has 2 heterocycles. The monoisotopic (exact) mass is 266 g/mol. The van der Waals surface area contributed by atoms with Crippen molar-refractivity contribution in [3.05, 3.63) is 11.6 Å². The number of aliphatic carboxylic acids is 1. The summed E-state index contributed by atoms with van der Waals surface area (Å²) in [6, 6.07) is -0.452. The molecule has 2 rings (SSSR count). The molecule has 0 saturated carbocycles. The Morgan fingerprint density at radius 3 is 2.89 bits per heavy atom. The lowest BCUT2D eigenvalue weighted by molar-refractivity contribution is -0.138. The number of carboxylic acids is 1. The third kappa shape index (κ3) is 2.47. The van der Waals surface area contributed by atoms with Crippen molar-refractivity contribution in [2.24, 2.45) is 5.16 Å². The summed E-state index contributed by atoms with van der Waals surface area (Å²) in [7, 11) is 0. The molecule has 0 spiro atoms. The molecule has 0 aromatic carbocycles. The fraction of sp³-hybridized carbons (Fsp3) is 0.615. The molecule has 2 aliphatic rings. The van der Waals surface area contributed by atoms with E-state index >= 15 is 0 Å². The largest absolute Gasteiger partial charge is 0.481 e. The summed E-state index contributed by atoms with van der Waals surface area (Å²) < 4.78 is 0. The summed E-state index contributed by atoms with van der Waals surface area (Å²) in [6.07, 6.45) is 2.65. The lowest BCUT2D eigenvalue weighted by Gasteiger charge is -2.25. The lowest BCUT2D eigenvalue weighted by atomic mass is 9.98. The van der Waals surface area contributed by atoms with Gasteiger partial charge >= 0.3 is 5.97 Å². The van der Waals surface area contributed by atoms with Crippen LogP contribution < -0.4 is 0 Å². The maximum Gasteiger partial charge on any atom is 0.305 e. The third-order valence-corrected chi connectivity index (χ3v) is 3.72. The Morgan fingerprint density at radius 1 is 1.68 bits per heavy atom. The quantitative estimate of drug-likeness (QED) is 0.840. The van der Waals surface area contributed by atoms with Crippen LogP contribution in [0.5, 0.6) is 0 Å². The van der Waals surface area contributed by atoms with E-state index in [2.05, 4.69) is 5.16 Å². The highest BCUT2D eigenvalue weighted by Crippen LogP contribution is 2.32. The molecule has 2 atom stereocenters. The zero-order valence-electron chi connectivity index (χ0n) is 11.3. The summed E-state index contributed by atoms with van der Waals surface area (Å²) in [5, 5.41) is 12.9. The highest BCUT2D eigenvalue weighted by Gasteiger charge is 2.42. The number of carboxylic acid groups (broad SMARTS) is 1. The SMILES string of the molecule is CCC1(C)CC(N2C(=O)C=C(C)C2CC(=O)O)=NO1. The highest BCUT2D eigenvalue weighted by molar-refractivity contribution is 6.07. The zero-order valence-corrected chi connectivity index (χ0v) is 11.3. The summed E-state index contributed by atoms with van der Waals surface area (Å²) in [5.41, 5.74) is 0.347. The molecule has 6 heteroatoms. The number of amides is 1. The van der Waals surface area contributed by atoms with Crippen molar-refractivity contribution < 1.29 is 19.5 Å². The standard InChI is InChI=1S/C13H18N2O4/c1-4-13(3)7-10(14-19-13)15-9(6-12(17)18)8(2)5-11(15)16/h5,9H,4,6-7H2,1-3H3,(H,17,18). The first-order valence-corrected chi connectivity index (χ1v) is 6.34. The van der Waals surface area contributed by atoms with Crippen LogP contribution in [0.2, 0.25) is 0 Å². The van der Waals surface area contributed by atoms with E-state index in [0.29, 0.717) is 12.3 Å². The molecule has 2 unspecified atom stereocenters. The second kappa shape index (κ2) is 4.68. The minimum absolute atomic E-state index is 0.115. The summed E-state index contributed by atoms with van der Waals surface area (Å²) in [5.74, 6) is -0.629. The van der Waals surface area contributed by atoms with Gasteiger partial charge in [0.15, 0.2) is 5.84 Å². The topological polar surface area (TPSA) is 79.2 Å². The van der Waals surface area contributed by atoms with Crippen molar-refractivity contribution in [1.29, 1.82) is 0 Å². The van der Waals surface area contributed by atoms with Gasteiger partial charge in [-0.25, -0.2) is 0 Å². The first-order valence-electron chi connectivity index (χ1n) is 6.34. The molecule has 0 radical (unpaired) electrons. The van der Waals surface area contributed by atoms with E-state index in [9.17, 15) is 9.59 Å². The number of oxime groups is 1. The Bertz CT molecular complexity index is 483. The minimum Gasteiger partial charge on any atom is -0.481 e. The van der Waals surface area contributed by atoms with Crippen LogP contribution in [-0.4, -0.2) is 39.4 Å².